The molecule has 0 aliphatic carbocycles. The minimum Gasteiger partial charge on any atom is -0.493 e. The first-order chi connectivity index (χ1) is 12.6. The molecule has 0 saturated carbocycles. The highest BCUT2D eigenvalue weighted by Gasteiger charge is 2.14. The first-order valence-corrected chi connectivity index (χ1v) is 9.62. The number of methoxy groups -OCH3 is 2. The monoisotopic (exact) mass is 431 g/mol. The predicted molar refractivity (Wildman–Crippen MR) is 109 cm³/mol. The molecule has 134 valence electrons. The van der Waals surface area contributed by atoms with E-state index in [0.29, 0.717) is 11.5 Å². The molecule has 0 aliphatic rings. The number of para-hydroxylation sites is 1. The van der Waals surface area contributed by atoms with Crippen molar-refractivity contribution in [2.45, 2.75) is 6.42 Å². The molecule has 0 saturated heterocycles. The van der Waals surface area contributed by atoms with Crippen LogP contribution in [0.5, 0.6) is 11.5 Å². The van der Waals surface area contributed by atoms with E-state index < -0.39 is 0 Å². The molecule has 4 nitrogen and oxygen atoms in total. The number of benzene rings is 2. The van der Waals surface area contributed by atoms with E-state index in [1.165, 1.54) is 0 Å². The van der Waals surface area contributed by atoms with Crippen LogP contribution in [-0.2, 0) is 11.2 Å². The van der Waals surface area contributed by atoms with Gasteiger partial charge in [-0.05, 0) is 35.2 Å². The molecule has 26 heavy (non-hydrogen) atoms. The summed E-state index contributed by atoms with van der Waals surface area (Å²) in [6, 6.07) is 15.5. The lowest BCUT2D eigenvalue weighted by Gasteiger charge is -2.13. The fourth-order valence-electron chi connectivity index (χ4n) is 2.64. The number of hydrogen-bond acceptors (Lipinski definition) is 4. The average Bonchev–Trinajstić information content (AvgIpc) is 3.18. The predicted octanol–water partition coefficient (Wildman–Crippen LogP) is 5.38. The molecule has 0 bridgehead atoms. The number of thiophene rings is 1. The van der Waals surface area contributed by atoms with Gasteiger partial charge in [-0.15, -0.1) is 11.3 Å². The number of carbonyl (C=O) groups is 1. The van der Waals surface area contributed by atoms with Gasteiger partial charge < -0.3 is 14.8 Å². The molecule has 1 heterocycles. The normalized spacial score (nSPS) is 10.4. The van der Waals surface area contributed by atoms with Gasteiger partial charge in [0, 0.05) is 20.6 Å². The maximum Gasteiger partial charge on any atom is 0.228 e. The minimum atomic E-state index is -0.0954. The highest BCUT2D eigenvalue weighted by atomic mass is 79.9. The van der Waals surface area contributed by atoms with Crippen LogP contribution in [0.25, 0.3) is 10.4 Å². The Hall–Kier alpha value is -2.31. The van der Waals surface area contributed by atoms with Gasteiger partial charge in [-0.3, -0.25) is 4.79 Å². The largest absolute Gasteiger partial charge is 0.493 e. The van der Waals surface area contributed by atoms with Crippen molar-refractivity contribution in [3.05, 3.63) is 63.9 Å². The summed E-state index contributed by atoms with van der Waals surface area (Å²) in [4.78, 5) is 13.7. The fraction of sp³-hybridized carbons (Fsp3) is 0.150. The van der Waals surface area contributed by atoms with Crippen LogP contribution in [-0.4, -0.2) is 20.1 Å². The third-order valence-corrected chi connectivity index (χ3v) is 5.53. The Balaban J connectivity index is 1.81. The minimum absolute atomic E-state index is 0.0954. The van der Waals surface area contributed by atoms with E-state index >= 15 is 0 Å². The van der Waals surface area contributed by atoms with E-state index in [2.05, 4.69) is 21.2 Å². The number of carbonyl (C=O) groups excluding carboxylic acids is 1. The van der Waals surface area contributed by atoms with Gasteiger partial charge in [-0.2, -0.15) is 0 Å². The van der Waals surface area contributed by atoms with Gasteiger partial charge >= 0.3 is 0 Å². The van der Waals surface area contributed by atoms with Crippen LogP contribution in [0.4, 0.5) is 5.69 Å². The van der Waals surface area contributed by atoms with Crippen molar-refractivity contribution in [3.63, 3.8) is 0 Å². The quantitative estimate of drug-likeness (QED) is 0.569. The number of rotatable bonds is 6. The standard InChI is InChI=1S/C20H18BrNO3S/c1-24-17-10-13(15(21)12-18(17)25-2)11-20(23)22-16-7-4-3-6-14(16)19-8-5-9-26-19/h3-10,12H,11H2,1-2H3,(H,22,23). The second kappa shape index (κ2) is 8.38. The summed E-state index contributed by atoms with van der Waals surface area (Å²) in [7, 11) is 3.16. The third kappa shape index (κ3) is 4.08. The lowest BCUT2D eigenvalue weighted by atomic mass is 10.1. The summed E-state index contributed by atoms with van der Waals surface area (Å²) < 4.78 is 11.4. The Kier molecular flexibility index (Phi) is 5.96. The number of ether oxygens (including phenoxy) is 2. The maximum absolute atomic E-state index is 12.6. The second-order valence-corrected chi connectivity index (χ2v) is 7.35. The van der Waals surface area contributed by atoms with Gasteiger partial charge in [0.05, 0.1) is 20.6 Å². The molecule has 6 heteroatoms. The Morgan fingerprint density at radius 1 is 1.08 bits per heavy atom. The summed E-state index contributed by atoms with van der Waals surface area (Å²) in [5.41, 5.74) is 2.65. The molecule has 1 N–H and O–H groups in total. The number of anilines is 1. The zero-order valence-electron chi connectivity index (χ0n) is 14.4. The number of halogens is 1. The number of hydrogen-bond donors (Lipinski definition) is 1. The summed E-state index contributed by atoms with van der Waals surface area (Å²) in [6.45, 7) is 0. The summed E-state index contributed by atoms with van der Waals surface area (Å²) in [5, 5.41) is 5.04. The van der Waals surface area contributed by atoms with Gasteiger partial charge in [0.15, 0.2) is 11.5 Å². The van der Waals surface area contributed by atoms with Crippen LogP contribution in [0.1, 0.15) is 5.56 Å². The highest BCUT2D eigenvalue weighted by molar-refractivity contribution is 9.10. The molecule has 0 atom stereocenters. The van der Waals surface area contributed by atoms with Crippen LogP contribution in [0.15, 0.2) is 58.4 Å². The Morgan fingerprint density at radius 3 is 2.50 bits per heavy atom. The lowest BCUT2D eigenvalue weighted by molar-refractivity contribution is -0.115. The average molecular weight is 432 g/mol. The zero-order valence-corrected chi connectivity index (χ0v) is 16.8. The highest BCUT2D eigenvalue weighted by Crippen LogP contribution is 2.34. The molecule has 3 rings (SSSR count). The van der Waals surface area contributed by atoms with Gasteiger partial charge in [0.2, 0.25) is 5.91 Å². The van der Waals surface area contributed by atoms with Crippen LogP contribution in [0.2, 0.25) is 0 Å². The summed E-state index contributed by atoms with van der Waals surface area (Å²) in [5.74, 6) is 1.12. The van der Waals surface area contributed by atoms with Crippen molar-refractivity contribution in [2.75, 3.05) is 19.5 Å². The molecule has 3 aromatic rings. The van der Waals surface area contributed by atoms with Crippen molar-refractivity contribution in [1.82, 2.24) is 0 Å². The van der Waals surface area contributed by atoms with E-state index in [1.54, 1.807) is 31.6 Å². The maximum atomic E-state index is 12.6. The summed E-state index contributed by atoms with van der Waals surface area (Å²) >= 11 is 5.14. The topological polar surface area (TPSA) is 47.6 Å². The molecule has 0 aliphatic heterocycles. The van der Waals surface area contributed by atoms with E-state index in [-0.39, 0.29) is 12.3 Å². The number of nitrogens with one attached hydrogen (secondary N) is 1. The Labute approximate surface area is 164 Å². The molecule has 0 unspecified atom stereocenters. The van der Waals surface area contributed by atoms with Crippen LogP contribution < -0.4 is 14.8 Å². The molecular formula is C20H18BrNO3S. The summed E-state index contributed by atoms with van der Waals surface area (Å²) in [6.07, 6.45) is 0.222. The smallest absolute Gasteiger partial charge is 0.228 e. The molecule has 1 aromatic heterocycles. The first kappa shape index (κ1) is 18.5. The lowest BCUT2D eigenvalue weighted by Crippen LogP contribution is -2.15. The van der Waals surface area contributed by atoms with E-state index in [9.17, 15) is 4.79 Å². The van der Waals surface area contributed by atoms with Crippen LogP contribution >= 0.6 is 27.3 Å². The van der Waals surface area contributed by atoms with Crippen LogP contribution in [0.3, 0.4) is 0 Å². The molecule has 0 spiro atoms. The number of amides is 1. The van der Waals surface area contributed by atoms with E-state index in [4.69, 9.17) is 9.47 Å². The molecular weight excluding hydrogens is 414 g/mol. The second-order valence-electron chi connectivity index (χ2n) is 5.55. The van der Waals surface area contributed by atoms with Crippen molar-refractivity contribution in [1.29, 1.82) is 0 Å². The molecule has 0 fully saturated rings. The van der Waals surface area contributed by atoms with Gasteiger partial charge in [-0.25, -0.2) is 0 Å². The third-order valence-electron chi connectivity index (χ3n) is 3.89. The van der Waals surface area contributed by atoms with Crippen molar-refractivity contribution in [3.8, 4) is 21.9 Å². The van der Waals surface area contributed by atoms with Crippen molar-refractivity contribution < 1.29 is 14.3 Å². The SMILES string of the molecule is COc1cc(Br)c(CC(=O)Nc2ccccc2-c2cccs2)cc1OC. The van der Waals surface area contributed by atoms with Crippen molar-refractivity contribution in [2.24, 2.45) is 0 Å². The first-order valence-electron chi connectivity index (χ1n) is 7.95. The van der Waals surface area contributed by atoms with E-state index in [1.807, 2.05) is 47.8 Å². The van der Waals surface area contributed by atoms with Gasteiger partial charge in [0.25, 0.3) is 0 Å². The van der Waals surface area contributed by atoms with Crippen LogP contribution in [0, 0.1) is 0 Å². The van der Waals surface area contributed by atoms with Gasteiger partial charge in [0.1, 0.15) is 0 Å². The van der Waals surface area contributed by atoms with Gasteiger partial charge in [-0.1, -0.05) is 40.2 Å². The Morgan fingerprint density at radius 2 is 1.81 bits per heavy atom. The fourth-order valence-corrected chi connectivity index (χ4v) is 3.87. The Bertz CT molecular complexity index is 909. The van der Waals surface area contributed by atoms with E-state index in [0.717, 1.165) is 26.2 Å². The molecule has 2 aromatic carbocycles. The molecule has 0 radical (unpaired) electrons. The molecule has 1 amide bonds. The van der Waals surface area contributed by atoms with Crippen molar-refractivity contribution >= 4 is 38.9 Å². The zero-order chi connectivity index (χ0) is 18.5.